The third-order valence-corrected chi connectivity index (χ3v) is 6.36. The second-order valence-corrected chi connectivity index (χ2v) is 8.14. The Bertz CT molecular complexity index is 1210. The van der Waals surface area contributed by atoms with Crippen molar-refractivity contribution in [1.82, 2.24) is 0 Å². The van der Waals surface area contributed by atoms with Crippen molar-refractivity contribution in [1.29, 1.82) is 10.7 Å². The Kier molecular flexibility index (Phi) is 6.78. The Morgan fingerprint density at radius 1 is 0.941 bits per heavy atom. The normalized spacial score (nSPS) is 20.8. The maximum absolute atomic E-state index is 9.96. The summed E-state index contributed by atoms with van der Waals surface area (Å²) in [6, 6.07) is 13.5. The standard InChI is InChI=1S/C27H28N2O5/c1-30-18-9-8-16(23(13-18)32-3)12-17-6-5-7-21-25(22(15-28)27(29)34-26(17)21)20-11-10-19(31-2)14-24(20)33-4/h8-14,22,25,29H,5-7H2,1-4H3/b17-12-,29-27?. The number of rotatable bonds is 6. The number of hydrogen-bond donors (Lipinski definition) is 1. The third kappa shape index (κ3) is 4.19. The quantitative estimate of drug-likeness (QED) is 0.614. The van der Waals surface area contributed by atoms with Crippen LogP contribution in [0.1, 0.15) is 36.3 Å². The number of hydrogen-bond acceptors (Lipinski definition) is 7. The van der Waals surface area contributed by atoms with E-state index in [4.69, 9.17) is 29.1 Å². The lowest BCUT2D eigenvalue weighted by molar-refractivity contribution is 0.330. The Hall–Kier alpha value is -3.92. The molecule has 0 spiro atoms. The molecule has 2 aromatic rings. The monoisotopic (exact) mass is 460 g/mol. The van der Waals surface area contributed by atoms with E-state index >= 15 is 0 Å². The molecule has 4 rings (SSSR count). The van der Waals surface area contributed by atoms with Gasteiger partial charge in [-0.05, 0) is 54.7 Å². The molecular formula is C27H28N2O5. The first-order valence-electron chi connectivity index (χ1n) is 11.1. The lowest BCUT2D eigenvalue weighted by Gasteiger charge is -2.36. The Morgan fingerprint density at radius 3 is 2.26 bits per heavy atom. The highest BCUT2D eigenvalue weighted by molar-refractivity contribution is 5.84. The number of benzene rings is 2. The van der Waals surface area contributed by atoms with Crippen molar-refractivity contribution in [2.75, 3.05) is 28.4 Å². The molecule has 2 aliphatic rings. The third-order valence-electron chi connectivity index (χ3n) is 6.36. The zero-order valence-electron chi connectivity index (χ0n) is 19.8. The van der Waals surface area contributed by atoms with E-state index in [2.05, 4.69) is 6.07 Å². The SMILES string of the molecule is COc1ccc(/C=C2/CCCC3=C2OC(=N)C(C#N)C3c2ccc(OC)cc2OC)c(OC)c1. The van der Waals surface area contributed by atoms with Gasteiger partial charge in [-0.2, -0.15) is 5.26 Å². The van der Waals surface area contributed by atoms with E-state index in [0.717, 1.165) is 41.5 Å². The van der Waals surface area contributed by atoms with Crippen molar-refractivity contribution < 1.29 is 23.7 Å². The topological polar surface area (TPSA) is 93.8 Å². The second-order valence-electron chi connectivity index (χ2n) is 8.14. The fraction of sp³-hybridized carbons (Fsp3) is 0.333. The van der Waals surface area contributed by atoms with Crippen molar-refractivity contribution in [2.45, 2.75) is 25.2 Å². The van der Waals surface area contributed by atoms with E-state index in [9.17, 15) is 5.26 Å². The zero-order chi connectivity index (χ0) is 24.2. The van der Waals surface area contributed by atoms with Gasteiger partial charge in [-0.15, -0.1) is 0 Å². The molecule has 7 nitrogen and oxygen atoms in total. The summed E-state index contributed by atoms with van der Waals surface area (Å²) >= 11 is 0. The molecule has 2 aromatic carbocycles. The van der Waals surface area contributed by atoms with E-state index in [1.54, 1.807) is 28.4 Å². The van der Waals surface area contributed by atoms with Crippen LogP contribution in [-0.4, -0.2) is 34.3 Å². The van der Waals surface area contributed by atoms with Crippen LogP contribution in [-0.2, 0) is 4.74 Å². The molecule has 1 N–H and O–H groups in total. The van der Waals surface area contributed by atoms with Crippen molar-refractivity contribution in [3.05, 3.63) is 64.4 Å². The minimum Gasteiger partial charge on any atom is -0.497 e. The summed E-state index contributed by atoms with van der Waals surface area (Å²) < 4.78 is 27.9. The summed E-state index contributed by atoms with van der Waals surface area (Å²) in [7, 11) is 6.44. The van der Waals surface area contributed by atoms with E-state index < -0.39 is 5.92 Å². The van der Waals surface area contributed by atoms with Gasteiger partial charge in [0.05, 0.1) is 34.5 Å². The predicted molar refractivity (Wildman–Crippen MR) is 129 cm³/mol. The van der Waals surface area contributed by atoms with Gasteiger partial charge >= 0.3 is 0 Å². The lowest BCUT2D eigenvalue weighted by atomic mass is 9.73. The van der Waals surface area contributed by atoms with Gasteiger partial charge < -0.3 is 23.7 Å². The van der Waals surface area contributed by atoms with Crippen LogP contribution in [0.25, 0.3) is 6.08 Å². The number of allylic oxidation sites excluding steroid dienone is 2. The van der Waals surface area contributed by atoms with Crippen molar-refractivity contribution >= 4 is 12.0 Å². The van der Waals surface area contributed by atoms with Gasteiger partial charge in [0, 0.05) is 29.2 Å². The van der Waals surface area contributed by atoms with Gasteiger partial charge in [0.25, 0.3) is 0 Å². The number of ether oxygens (including phenoxy) is 5. The van der Waals surface area contributed by atoms with Crippen molar-refractivity contribution in [2.24, 2.45) is 5.92 Å². The van der Waals surface area contributed by atoms with Crippen LogP contribution < -0.4 is 18.9 Å². The fourth-order valence-corrected chi connectivity index (χ4v) is 4.70. The second kappa shape index (κ2) is 9.92. The van der Waals surface area contributed by atoms with Gasteiger partial charge in [0.15, 0.2) is 0 Å². The molecule has 0 amide bonds. The first kappa shape index (κ1) is 23.2. The van der Waals surface area contributed by atoms with Gasteiger partial charge in [0.1, 0.15) is 34.7 Å². The number of nitrogens with zero attached hydrogens (tertiary/aromatic N) is 1. The minimum atomic E-state index is -0.740. The molecule has 0 bridgehead atoms. The molecular weight excluding hydrogens is 432 g/mol. The van der Waals surface area contributed by atoms with Crippen molar-refractivity contribution in [3.63, 3.8) is 0 Å². The molecule has 176 valence electrons. The zero-order valence-corrected chi connectivity index (χ0v) is 19.8. The van der Waals surface area contributed by atoms with Crippen LogP contribution in [0.2, 0.25) is 0 Å². The number of methoxy groups -OCH3 is 4. The minimum absolute atomic E-state index is 0.0568. The van der Waals surface area contributed by atoms with Crippen LogP contribution in [0.5, 0.6) is 23.0 Å². The Labute approximate surface area is 199 Å². The maximum atomic E-state index is 9.96. The molecule has 2 atom stereocenters. The lowest BCUT2D eigenvalue weighted by Crippen LogP contribution is -2.32. The molecule has 0 saturated heterocycles. The number of nitrogens with one attached hydrogen (secondary N) is 1. The Morgan fingerprint density at radius 2 is 1.62 bits per heavy atom. The molecule has 2 unspecified atom stereocenters. The van der Waals surface area contributed by atoms with E-state index in [1.165, 1.54) is 0 Å². The van der Waals surface area contributed by atoms with Gasteiger partial charge in [-0.3, -0.25) is 5.41 Å². The summed E-state index contributed by atoms with van der Waals surface area (Å²) in [5, 5.41) is 18.5. The van der Waals surface area contributed by atoms with E-state index in [-0.39, 0.29) is 11.8 Å². The molecule has 0 saturated carbocycles. The van der Waals surface area contributed by atoms with E-state index in [0.29, 0.717) is 28.8 Å². The van der Waals surface area contributed by atoms with Gasteiger partial charge in [0.2, 0.25) is 5.90 Å². The smallest absolute Gasteiger partial charge is 0.205 e. The predicted octanol–water partition coefficient (Wildman–Crippen LogP) is 5.47. The van der Waals surface area contributed by atoms with Crippen LogP contribution in [0.15, 0.2) is 53.3 Å². The average Bonchev–Trinajstić information content (AvgIpc) is 2.88. The summed E-state index contributed by atoms with van der Waals surface area (Å²) in [6.07, 6.45) is 4.52. The number of nitriles is 1. The molecule has 1 heterocycles. The molecule has 0 radical (unpaired) electrons. The van der Waals surface area contributed by atoms with E-state index in [1.807, 2.05) is 42.5 Å². The largest absolute Gasteiger partial charge is 0.497 e. The van der Waals surface area contributed by atoms with Crippen LogP contribution >= 0.6 is 0 Å². The van der Waals surface area contributed by atoms with Crippen LogP contribution in [0, 0.1) is 22.7 Å². The Balaban J connectivity index is 1.86. The van der Waals surface area contributed by atoms with Crippen molar-refractivity contribution in [3.8, 4) is 29.1 Å². The molecule has 0 aromatic heterocycles. The van der Waals surface area contributed by atoms with Gasteiger partial charge in [-0.25, -0.2) is 0 Å². The summed E-state index contributed by atoms with van der Waals surface area (Å²) in [4.78, 5) is 0. The first-order valence-corrected chi connectivity index (χ1v) is 11.1. The maximum Gasteiger partial charge on any atom is 0.205 e. The fourth-order valence-electron chi connectivity index (χ4n) is 4.70. The highest BCUT2D eigenvalue weighted by Crippen LogP contribution is 2.49. The summed E-state index contributed by atoms with van der Waals surface area (Å²) in [5.41, 5.74) is 3.72. The first-order chi connectivity index (χ1) is 16.5. The molecule has 1 aliphatic heterocycles. The highest BCUT2D eigenvalue weighted by Gasteiger charge is 2.41. The molecule has 7 heteroatoms. The summed E-state index contributed by atoms with van der Waals surface area (Å²) in [5.74, 6) is 2.22. The summed E-state index contributed by atoms with van der Waals surface area (Å²) in [6.45, 7) is 0. The van der Waals surface area contributed by atoms with Crippen LogP contribution in [0.4, 0.5) is 0 Å². The average molecular weight is 461 g/mol. The highest BCUT2D eigenvalue weighted by atomic mass is 16.5. The molecule has 1 aliphatic carbocycles. The van der Waals surface area contributed by atoms with Gasteiger partial charge in [-0.1, -0.05) is 6.07 Å². The molecule has 0 fully saturated rings. The molecule has 34 heavy (non-hydrogen) atoms. The van der Waals surface area contributed by atoms with Crippen LogP contribution in [0.3, 0.4) is 0 Å².